The molecule has 0 radical (unpaired) electrons. The third-order valence-corrected chi connectivity index (χ3v) is 3.96. The highest BCUT2D eigenvalue weighted by Gasteiger charge is 2.31. The van der Waals surface area contributed by atoms with Gasteiger partial charge in [-0.05, 0) is 42.1 Å². The van der Waals surface area contributed by atoms with Crippen LogP contribution in [-0.2, 0) is 4.79 Å². The summed E-state index contributed by atoms with van der Waals surface area (Å²) in [7, 11) is 0. The first-order valence-corrected chi connectivity index (χ1v) is 6.39. The number of aliphatic carboxylic acids is 1. The zero-order valence-corrected chi connectivity index (χ0v) is 10.5. The third-order valence-electron chi connectivity index (χ3n) is 3.96. The third kappa shape index (κ3) is 2.68. The number of allylic oxidation sites excluding steroid dienone is 5. The second kappa shape index (κ2) is 4.91. The maximum Gasteiger partial charge on any atom is 0.327 e. The molecule has 0 bridgehead atoms. The van der Waals surface area contributed by atoms with Crippen LogP contribution in [0, 0.1) is 23.7 Å². The van der Waals surface area contributed by atoms with Gasteiger partial charge in [-0.15, -0.1) is 0 Å². The summed E-state index contributed by atoms with van der Waals surface area (Å²) in [6.45, 7) is 4.42. The molecule has 0 aromatic rings. The molecule has 2 heteroatoms. The fourth-order valence-corrected chi connectivity index (χ4v) is 3.00. The molecule has 0 saturated carbocycles. The number of rotatable bonds is 2. The Morgan fingerprint density at radius 3 is 2.88 bits per heavy atom. The van der Waals surface area contributed by atoms with E-state index in [0.29, 0.717) is 23.7 Å². The van der Waals surface area contributed by atoms with Crippen LogP contribution in [0.15, 0.2) is 36.0 Å². The number of carboxylic acids is 1. The highest BCUT2D eigenvalue weighted by molar-refractivity contribution is 5.79. The van der Waals surface area contributed by atoms with Gasteiger partial charge in [0.15, 0.2) is 0 Å². The minimum absolute atomic E-state index is 0.342. The van der Waals surface area contributed by atoms with Gasteiger partial charge in [0.1, 0.15) is 0 Å². The van der Waals surface area contributed by atoms with Gasteiger partial charge in [0.05, 0.1) is 0 Å². The average molecular weight is 232 g/mol. The van der Waals surface area contributed by atoms with Gasteiger partial charge >= 0.3 is 5.97 Å². The molecule has 0 spiro atoms. The molecular weight excluding hydrogens is 212 g/mol. The van der Waals surface area contributed by atoms with Gasteiger partial charge in [-0.3, -0.25) is 0 Å². The lowest BCUT2D eigenvalue weighted by Gasteiger charge is -2.36. The average Bonchev–Trinajstić information content (AvgIpc) is 2.27. The van der Waals surface area contributed by atoms with E-state index in [2.05, 4.69) is 32.1 Å². The van der Waals surface area contributed by atoms with Crippen LogP contribution in [0.5, 0.6) is 0 Å². The van der Waals surface area contributed by atoms with Crippen molar-refractivity contribution in [3.05, 3.63) is 36.0 Å². The summed E-state index contributed by atoms with van der Waals surface area (Å²) in [5, 5.41) is 8.75. The first-order valence-electron chi connectivity index (χ1n) is 6.39. The van der Waals surface area contributed by atoms with Crippen molar-refractivity contribution < 1.29 is 9.90 Å². The van der Waals surface area contributed by atoms with Gasteiger partial charge in [0.2, 0.25) is 0 Å². The van der Waals surface area contributed by atoms with E-state index in [1.54, 1.807) is 0 Å². The van der Waals surface area contributed by atoms with Crippen molar-refractivity contribution in [3.63, 3.8) is 0 Å². The smallest absolute Gasteiger partial charge is 0.327 e. The van der Waals surface area contributed by atoms with Crippen LogP contribution in [0.3, 0.4) is 0 Å². The molecule has 17 heavy (non-hydrogen) atoms. The number of hydrogen-bond donors (Lipinski definition) is 1. The summed E-state index contributed by atoms with van der Waals surface area (Å²) in [6.07, 6.45) is 12.4. The van der Waals surface area contributed by atoms with Crippen LogP contribution in [0.4, 0.5) is 0 Å². The lowest BCUT2D eigenvalue weighted by atomic mass is 9.68. The molecule has 0 aromatic heterocycles. The fourth-order valence-electron chi connectivity index (χ4n) is 3.00. The lowest BCUT2D eigenvalue weighted by Crippen LogP contribution is -2.27. The fraction of sp³-hybridized carbons (Fsp3) is 0.533. The van der Waals surface area contributed by atoms with E-state index >= 15 is 0 Å². The second-order valence-corrected chi connectivity index (χ2v) is 5.32. The molecule has 0 aliphatic heterocycles. The second-order valence-electron chi connectivity index (χ2n) is 5.32. The largest absolute Gasteiger partial charge is 0.478 e. The summed E-state index contributed by atoms with van der Waals surface area (Å²) in [4.78, 5) is 10.6. The van der Waals surface area contributed by atoms with E-state index < -0.39 is 5.97 Å². The number of carbonyl (C=O) groups is 1. The van der Waals surface area contributed by atoms with E-state index in [0.717, 1.165) is 0 Å². The lowest BCUT2D eigenvalue weighted by molar-refractivity contribution is -0.131. The summed E-state index contributed by atoms with van der Waals surface area (Å²) in [6, 6.07) is 0. The molecule has 92 valence electrons. The molecule has 0 aromatic carbocycles. The number of fused-ring (bicyclic) bond motifs is 1. The molecule has 2 rings (SSSR count). The van der Waals surface area contributed by atoms with Gasteiger partial charge < -0.3 is 5.11 Å². The summed E-state index contributed by atoms with van der Waals surface area (Å²) in [5.41, 5.74) is 1.40. The molecule has 0 heterocycles. The van der Waals surface area contributed by atoms with Crippen molar-refractivity contribution in [3.8, 4) is 0 Å². The van der Waals surface area contributed by atoms with Gasteiger partial charge in [-0.2, -0.15) is 0 Å². The van der Waals surface area contributed by atoms with Gasteiger partial charge in [-0.1, -0.05) is 38.2 Å². The van der Waals surface area contributed by atoms with Crippen LogP contribution in [0.1, 0.15) is 26.7 Å². The molecule has 0 unspecified atom stereocenters. The molecule has 0 fully saturated rings. The van der Waals surface area contributed by atoms with Crippen LogP contribution < -0.4 is 0 Å². The predicted octanol–water partition coefficient (Wildman–Crippen LogP) is 3.42. The molecule has 0 saturated heterocycles. The summed E-state index contributed by atoms with van der Waals surface area (Å²) >= 11 is 0. The Bertz CT molecular complexity index is 390. The highest BCUT2D eigenvalue weighted by atomic mass is 16.4. The van der Waals surface area contributed by atoms with Crippen molar-refractivity contribution in [1.82, 2.24) is 0 Å². The number of hydrogen-bond acceptors (Lipinski definition) is 1. The zero-order valence-electron chi connectivity index (χ0n) is 10.5. The normalized spacial score (nSPS) is 36.7. The minimum Gasteiger partial charge on any atom is -0.478 e. The van der Waals surface area contributed by atoms with Crippen molar-refractivity contribution in [1.29, 1.82) is 0 Å². The Labute approximate surface area is 103 Å². The van der Waals surface area contributed by atoms with E-state index in [9.17, 15) is 4.79 Å². The molecule has 2 aliphatic carbocycles. The van der Waals surface area contributed by atoms with E-state index in [1.807, 2.05) is 6.08 Å². The Balaban J connectivity index is 2.24. The van der Waals surface area contributed by atoms with Crippen LogP contribution in [0.25, 0.3) is 0 Å². The van der Waals surface area contributed by atoms with Crippen molar-refractivity contribution in [2.24, 2.45) is 23.7 Å². The first kappa shape index (κ1) is 12.2. The standard InChI is InChI=1S/C15H20O2/c1-10-3-6-14-12(9-10)5-4-11(2)13(14)7-8-15(16)17/h4-5,7-11,13-14H,3,6H2,1-2H3,(H,16,17)/b8-7+/t10-,11+,13+,14+/m1/s1. The van der Waals surface area contributed by atoms with E-state index in [-0.39, 0.29) is 0 Å². The maximum absolute atomic E-state index is 10.6. The van der Waals surface area contributed by atoms with E-state index in [1.165, 1.54) is 24.5 Å². The molecule has 2 aliphatic rings. The Kier molecular flexibility index (Phi) is 3.51. The Morgan fingerprint density at radius 2 is 2.18 bits per heavy atom. The Morgan fingerprint density at radius 1 is 1.41 bits per heavy atom. The summed E-state index contributed by atoms with van der Waals surface area (Å²) < 4.78 is 0. The summed E-state index contributed by atoms with van der Waals surface area (Å²) in [5.74, 6) is 1.10. The monoisotopic (exact) mass is 232 g/mol. The van der Waals surface area contributed by atoms with Crippen molar-refractivity contribution in [2.75, 3.05) is 0 Å². The topological polar surface area (TPSA) is 37.3 Å². The van der Waals surface area contributed by atoms with E-state index in [4.69, 9.17) is 5.11 Å². The van der Waals surface area contributed by atoms with Gasteiger partial charge in [0.25, 0.3) is 0 Å². The molecule has 4 atom stereocenters. The van der Waals surface area contributed by atoms with Gasteiger partial charge in [0, 0.05) is 6.08 Å². The van der Waals surface area contributed by atoms with Gasteiger partial charge in [-0.25, -0.2) is 4.79 Å². The maximum atomic E-state index is 10.6. The molecule has 0 amide bonds. The predicted molar refractivity (Wildman–Crippen MR) is 68.5 cm³/mol. The number of carboxylic acid groups (broad SMARTS) is 1. The molecule has 1 N–H and O–H groups in total. The first-order chi connectivity index (χ1) is 8.08. The Hall–Kier alpha value is -1.31. The zero-order chi connectivity index (χ0) is 12.4. The highest BCUT2D eigenvalue weighted by Crippen LogP contribution is 2.41. The van der Waals surface area contributed by atoms with Crippen molar-refractivity contribution in [2.45, 2.75) is 26.7 Å². The van der Waals surface area contributed by atoms with Crippen molar-refractivity contribution >= 4 is 5.97 Å². The minimum atomic E-state index is -0.846. The van der Waals surface area contributed by atoms with Crippen LogP contribution in [0.2, 0.25) is 0 Å². The molecular formula is C15H20O2. The SMILES string of the molecule is C[C@H]1C=C2C=C[C@H](C)[C@H](/C=C/C(=O)O)[C@H]2CC1. The van der Waals surface area contributed by atoms with Crippen LogP contribution in [-0.4, -0.2) is 11.1 Å². The quantitative estimate of drug-likeness (QED) is 0.741. The van der Waals surface area contributed by atoms with Crippen LogP contribution >= 0.6 is 0 Å². The molecule has 2 nitrogen and oxygen atoms in total.